The Morgan fingerprint density at radius 3 is 2.50 bits per heavy atom. The lowest BCUT2D eigenvalue weighted by molar-refractivity contribution is 0.240. The highest BCUT2D eigenvalue weighted by Crippen LogP contribution is 2.27. The van der Waals surface area contributed by atoms with Gasteiger partial charge in [-0.2, -0.15) is 0 Å². The summed E-state index contributed by atoms with van der Waals surface area (Å²) in [5.41, 5.74) is 1.94. The Balaban J connectivity index is 1.77. The zero-order valence-electron chi connectivity index (χ0n) is 13.8. The average molecular weight is 349 g/mol. The zero-order valence-corrected chi connectivity index (χ0v) is 14.5. The van der Waals surface area contributed by atoms with Crippen LogP contribution in [0, 0.1) is 0 Å². The maximum Gasteiger partial charge on any atom is 0.315 e. The van der Waals surface area contributed by atoms with Crippen LogP contribution in [0.5, 0.6) is 11.5 Å². The molecule has 0 heterocycles. The first-order chi connectivity index (χ1) is 11.6. The Morgan fingerprint density at radius 2 is 1.79 bits per heavy atom. The first-order valence-corrected chi connectivity index (χ1v) is 7.98. The van der Waals surface area contributed by atoms with Crippen molar-refractivity contribution in [3.8, 4) is 11.5 Å². The van der Waals surface area contributed by atoms with Crippen molar-refractivity contribution in [3.63, 3.8) is 0 Å². The lowest BCUT2D eigenvalue weighted by Crippen LogP contribution is -2.36. The molecular weight excluding hydrogens is 328 g/mol. The van der Waals surface area contributed by atoms with Crippen LogP contribution < -0.4 is 20.1 Å². The molecule has 0 fully saturated rings. The van der Waals surface area contributed by atoms with E-state index in [4.69, 9.17) is 21.1 Å². The quantitative estimate of drug-likeness (QED) is 0.806. The summed E-state index contributed by atoms with van der Waals surface area (Å²) in [4.78, 5) is 11.8. The second-order valence-electron chi connectivity index (χ2n) is 5.14. The maximum absolute atomic E-state index is 11.8. The van der Waals surface area contributed by atoms with Gasteiger partial charge in [0.25, 0.3) is 0 Å². The lowest BCUT2D eigenvalue weighted by atomic mass is 10.1. The predicted octanol–water partition coefficient (Wildman–Crippen LogP) is 3.40. The molecule has 2 aromatic rings. The third kappa shape index (κ3) is 5.06. The number of carbonyl (C=O) groups excluding carboxylic acids is 1. The van der Waals surface area contributed by atoms with E-state index in [9.17, 15) is 4.79 Å². The highest BCUT2D eigenvalue weighted by atomic mass is 35.5. The van der Waals surface area contributed by atoms with E-state index in [0.29, 0.717) is 36.0 Å². The van der Waals surface area contributed by atoms with Crippen molar-refractivity contribution in [2.75, 3.05) is 20.8 Å². The second-order valence-corrected chi connectivity index (χ2v) is 5.55. The highest BCUT2D eigenvalue weighted by molar-refractivity contribution is 6.31. The molecule has 0 spiro atoms. The van der Waals surface area contributed by atoms with E-state index < -0.39 is 0 Å². The van der Waals surface area contributed by atoms with E-state index in [1.165, 1.54) is 0 Å². The summed E-state index contributed by atoms with van der Waals surface area (Å²) in [6.07, 6.45) is 0.694. The molecule has 0 aromatic heterocycles. The Kier molecular flexibility index (Phi) is 6.75. The van der Waals surface area contributed by atoms with Crippen LogP contribution in [0.2, 0.25) is 5.02 Å². The van der Waals surface area contributed by atoms with Crippen LogP contribution in [0.1, 0.15) is 11.1 Å². The fourth-order valence-corrected chi connectivity index (χ4v) is 2.44. The molecule has 0 aliphatic rings. The van der Waals surface area contributed by atoms with Gasteiger partial charge in [-0.3, -0.25) is 0 Å². The molecular formula is C18H21ClN2O3. The molecule has 0 bridgehead atoms. The van der Waals surface area contributed by atoms with Gasteiger partial charge >= 0.3 is 6.03 Å². The number of hydrogen-bond donors (Lipinski definition) is 2. The Morgan fingerprint density at radius 1 is 1.04 bits per heavy atom. The summed E-state index contributed by atoms with van der Waals surface area (Å²) in [5.74, 6) is 1.37. The molecule has 2 N–H and O–H groups in total. The van der Waals surface area contributed by atoms with Crippen LogP contribution in [-0.4, -0.2) is 26.8 Å². The van der Waals surface area contributed by atoms with E-state index in [-0.39, 0.29) is 6.03 Å². The number of halogens is 1. The number of rotatable bonds is 7. The van der Waals surface area contributed by atoms with Crippen molar-refractivity contribution in [1.29, 1.82) is 0 Å². The van der Waals surface area contributed by atoms with E-state index in [1.807, 2.05) is 36.4 Å². The number of carbonyl (C=O) groups is 1. The molecule has 0 unspecified atom stereocenters. The summed E-state index contributed by atoms with van der Waals surface area (Å²) >= 11 is 6.05. The third-order valence-corrected chi connectivity index (χ3v) is 3.91. The second kappa shape index (κ2) is 9.03. The molecule has 2 aromatic carbocycles. The van der Waals surface area contributed by atoms with Crippen LogP contribution in [0.25, 0.3) is 0 Å². The van der Waals surface area contributed by atoms with Crippen molar-refractivity contribution in [3.05, 3.63) is 58.6 Å². The molecule has 0 aliphatic heterocycles. The van der Waals surface area contributed by atoms with E-state index in [0.717, 1.165) is 11.1 Å². The van der Waals surface area contributed by atoms with Crippen molar-refractivity contribution in [1.82, 2.24) is 10.6 Å². The largest absolute Gasteiger partial charge is 0.493 e. The van der Waals surface area contributed by atoms with Crippen LogP contribution >= 0.6 is 11.6 Å². The van der Waals surface area contributed by atoms with Crippen LogP contribution in [0.15, 0.2) is 42.5 Å². The fourth-order valence-electron chi connectivity index (χ4n) is 2.24. The van der Waals surface area contributed by atoms with E-state index >= 15 is 0 Å². The molecule has 128 valence electrons. The number of benzene rings is 2. The highest BCUT2D eigenvalue weighted by Gasteiger charge is 2.06. The summed E-state index contributed by atoms with van der Waals surface area (Å²) < 4.78 is 10.5. The van der Waals surface area contributed by atoms with Gasteiger partial charge in [0.05, 0.1) is 14.2 Å². The minimum Gasteiger partial charge on any atom is -0.493 e. The third-order valence-electron chi connectivity index (χ3n) is 3.54. The first kappa shape index (κ1) is 17.9. The topological polar surface area (TPSA) is 59.6 Å². The van der Waals surface area contributed by atoms with Crippen LogP contribution in [-0.2, 0) is 13.0 Å². The molecule has 0 atom stereocenters. The number of ether oxygens (including phenoxy) is 2. The molecule has 0 radical (unpaired) electrons. The van der Waals surface area contributed by atoms with Gasteiger partial charge < -0.3 is 20.1 Å². The SMILES string of the molecule is COc1ccc(CCNC(=O)NCc2ccccc2Cl)cc1OC. The number of amides is 2. The molecule has 5 nitrogen and oxygen atoms in total. The van der Waals surface area contributed by atoms with Gasteiger partial charge in [0.15, 0.2) is 11.5 Å². The van der Waals surface area contributed by atoms with Crippen LogP contribution in [0.3, 0.4) is 0 Å². The molecule has 0 aliphatic carbocycles. The van der Waals surface area contributed by atoms with Crippen molar-refractivity contribution in [2.45, 2.75) is 13.0 Å². The lowest BCUT2D eigenvalue weighted by Gasteiger charge is -2.11. The van der Waals surface area contributed by atoms with E-state index in [1.54, 1.807) is 20.3 Å². The summed E-state index contributed by atoms with van der Waals surface area (Å²) in [5, 5.41) is 6.25. The van der Waals surface area contributed by atoms with Gasteiger partial charge in [0, 0.05) is 18.1 Å². The zero-order chi connectivity index (χ0) is 17.4. The predicted molar refractivity (Wildman–Crippen MR) is 94.9 cm³/mol. The van der Waals surface area contributed by atoms with Gasteiger partial charge in [-0.15, -0.1) is 0 Å². The Bertz CT molecular complexity index is 692. The molecule has 6 heteroatoms. The summed E-state index contributed by atoms with van der Waals surface area (Å²) in [6, 6.07) is 12.9. The number of nitrogens with one attached hydrogen (secondary N) is 2. The van der Waals surface area contributed by atoms with Gasteiger partial charge in [0.1, 0.15) is 0 Å². The number of urea groups is 1. The average Bonchev–Trinajstić information content (AvgIpc) is 2.61. The Hall–Kier alpha value is -2.40. The molecule has 0 saturated heterocycles. The number of hydrogen-bond acceptors (Lipinski definition) is 3. The van der Waals surface area contributed by atoms with Gasteiger partial charge in [0.2, 0.25) is 0 Å². The van der Waals surface area contributed by atoms with Gasteiger partial charge in [-0.05, 0) is 35.7 Å². The van der Waals surface area contributed by atoms with Crippen molar-refractivity contribution < 1.29 is 14.3 Å². The summed E-state index contributed by atoms with van der Waals surface area (Å²) in [7, 11) is 3.20. The fraction of sp³-hybridized carbons (Fsp3) is 0.278. The molecule has 2 amide bonds. The van der Waals surface area contributed by atoms with Crippen LogP contribution in [0.4, 0.5) is 4.79 Å². The smallest absolute Gasteiger partial charge is 0.315 e. The van der Waals surface area contributed by atoms with Crippen molar-refractivity contribution >= 4 is 17.6 Å². The monoisotopic (exact) mass is 348 g/mol. The Labute approximate surface area is 146 Å². The first-order valence-electron chi connectivity index (χ1n) is 7.60. The maximum atomic E-state index is 11.8. The minimum absolute atomic E-state index is 0.226. The van der Waals surface area contributed by atoms with Crippen molar-refractivity contribution in [2.24, 2.45) is 0 Å². The normalized spacial score (nSPS) is 10.1. The molecule has 24 heavy (non-hydrogen) atoms. The van der Waals surface area contributed by atoms with Gasteiger partial charge in [-0.1, -0.05) is 35.9 Å². The minimum atomic E-state index is -0.226. The summed E-state index contributed by atoms with van der Waals surface area (Å²) in [6.45, 7) is 0.908. The van der Waals surface area contributed by atoms with Gasteiger partial charge in [-0.25, -0.2) is 4.79 Å². The van der Waals surface area contributed by atoms with E-state index in [2.05, 4.69) is 10.6 Å². The molecule has 0 saturated carbocycles. The molecule has 2 rings (SSSR count). The number of methoxy groups -OCH3 is 2. The standard InChI is InChI=1S/C18H21ClN2O3/c1-23-16-8-7-13(11-17(16)24-2)9-10-20-18(22)21-12-14-5-3-4-6-15(14)19/h3-8,11H,9-10,12H2,1-2H3,(H2,20,21,22).